The first kappa shape index (κ1) is 16.9. The summed E-state index contributed by atoms with van der Waals surface area (Å²) < 4.78 is 18.3. The van der Waals surface area contributed by atoms with Crippen molar-refractivity contribution in [3.63, 3.8) is 0 Å². The molecule has 1 amide bonds. The molecule has 0 radical (unpaired) electrons. The highest BCUT2D eigenvalue weighted by atomic mass is 19.1. The molecule has 4 nitrogen and oxygen atoms in total. The third-order valence-corrected chi connectivity index (χ3v) is 5.34. The van der Waals surface area contributed by atoms with Crippen LogP contribution < -0.4 is 0 Å². The van der Waals surface area contributed by atoms with Gasteiger partial charge in [0.25, 0.3) is 0 Å². The van der Waals surface area contributed by atoms with E-state index in [1.165, 1.54) is 12.1 Å². The third kappa shape index (κ3) is 3.04. The van der Waals surface area contributed by atoms with Gasteiger partial charge in [0.1, 0.15) is 5.82 Å². The summed E-state index contributed by atoms with van der Waals surface area (Å²) in [7, 11) is 0. The minimum Gasteiger partial charge on any atom is -0.466 e. The van der Waals surface area contributed by atoms with Crippen molar-refractivity contribution in [3.05, 3.63) is 35.6 Å². The molecule has 1 unspecified atom stereocenters. The molecule has 5 heteroatoms. The number of rotatable bonds is 4. The first-order valence-electron chi connectivity index (χ1n) is 8.79. The lowest BCUT2D eigenvalue weighted by atomic mass is 9.63. The molecule has 2 fully saturated rings. The van der Waals surface area contributed by atoms with E-state index in [1.54, 1.807) is 19.1 Å². The van der Waals surface area contributed by atoms with E-state index in [9.17, 15) is 14.0 Å². The molecule has 1 aliphatic heterocycles. The van der Waals surface area contributed by atoms with Crippen molar-refractivity contribution in [3.8, 4) is 0 Å². The average molecular weight is 333 g/mol. The summed E-state index contributed by atoms with van der Waals surface area (Å²) in [5, 5.41) is 0. The fourth-order valence-electron chi connectivity index (χ4n) is 3.84. The van der Waals surface area contributed by atoms with Gasteiger partial charge in [0.05, 0.1) is 17.9 Å². The highest BCUT2D eigenvalue weighted by Crippen LogP contribution is 2.45. The monoisotopic (exact) mass is 333 g/mol. The van der Waals surface area contributed by atoms with Crippen LogP contribution in [0.4, 0.5) is 4.39 Å². The van der Waals surface area contributed by atoms with E-state index in [0.29, 0.717) is 19.7 Å². The quantitative estimate of drug-likeness (QED) is 0.796. The van der Waals surface area contributed by atoms with Gasteiger partial charge in [0, 0.05) is 13.1 Å². The normalized spacial score (nSPS) is 22.6. The van der Waals surface area contributed by atoms with Crippen LogP contribution in [0.2, 0.25) is 0 Å². The van der Waals surface area contributed by atoms with Gasteiger partial charge in [0.15, 0.2) is 0 Å². The van der Waals surface area contributed by atoms with Gasteiger partial charge in [-0.15, -0.1) is 0 Å². The molecule has 0 spiro atoms. The van der Waals surface area contributed by atoms with E-state index >= 15 is 0 Å². The van der Waals surface area contributed by atoms with E-state index in [2.05, 4.69) is 0 Å². The molecule has 1 aromatic rings. The summed E-state index contributed by atoms with van der Waals surface area (Å²) in [6.45, 7) is 3.27. The Hall–Kier alpha value is -1.91. The SMILES string of the molecule is CCOC(=O)C1CCCN(C(=O)C2(c3ccc(F)cc3)CCC2)C1. The Balaban J connectivity index is 1.76. The van der Waals surface area contributed by atoms with Gasteiger partial charge < -0.3 is 9.64 Å². The Morgan fingerprint density at radius 3 is 2.54 bits per heavy atom. The first-order chi connectivity index (χ1) is 11.6. The lowest BCUT2D eigenvalue weighted by Crippen LogP contribution is -2.54. The van der Waals surface area contributed by atoms with Gasteiger partial charge in [-0.25, -0.2) is 4.39 Å². The Labute approximate surface area is 142 Å². The van der Waals surface area contributed by atoms with Crippen LogP contribution in [0, 0.1) is 11.7 Å². The Kier molecular flexibility index (Phi) is 4.88. The van der Waals surface area contributed by atoms with Crippen LogP contribution in [0.15, 0.2) is 24.3 Å². The number of hydrogen-bond acceptors (Lipinski definition) is 3. The predicted octanol–water partition coefficient (Wildman–Crippen LogP) is 3.05. The topological polar surface area (TPSA) is 46.6 Å². The molecule has 1 saturated carbocycles. The van der Waals surface area contributed by atoms with E-state index in [0.717, 1.165) is 37.7 Å². The molecule has 1 aromatic carbocycles. The molecule has 1 saturated heterocycles. The molecule has 130 valence electrons. The number of halogens is 1. The van der Waals surface area contributed by atoms with Crippen LogP contribution in [-0.2, 0) is 19.7 Å². The number of benzene rings is 1. The van der Waals surface area contributed by atoms with Gasteiger partial charge in [0.2, 0.25) is 5.91 Å². The van der Waals surface area contributed by atoms with Crippen molar-refractivity contribution in [1.29, 1.82) is 0 Å². The van der Waals surface area contributed by atoms with Crippen LogP contribution in [0.1, 0.15) is 44.6 Å². The number of carbonyl (C=O) groups excluding carboxylic acids is 2. The third-order valence-electron chi connectivity index (χ3n) is 5.34. The maximum Gasteiger partial charge on any atom is 0.310 e. The smallest absolute Gasteiger partial charge is 0.310 e. The van der Waals surface area contributed by atoms with Gasteiger partial charge in [-0.2, -0.15) is 0 Å². The second-order valence-corrected chi connectivity index (χ2v) is 6.78. The number of nitrogens with zero attached hydrogens (tertiary/aromatic N) is 1. The van der Waals surface area contributed by atoms with Crippen molar-refractivity contribution in [2.24, 2.45) is 5.92 Å². The van der Waals surface area contributed by atoms with Crippen LogP contribution in [0.3, 0.4) is 0 Å². The summed E-state index contributed by atoms with van der Waals surface area (Å²) in [5.74, 6) is -0.650. The fraction of sp³-hybridized carbons (Fsp3) is 0.579. The number of ether oxygens (including phenoxy) is 1. The number of carbonyl (C=O) groups is 2. The molecule has 2 aliphatic rings. The van der Waals surface area contributed by atoms with E-state index in [4.69, 9.17) is 4.74 Å². The van der Waals surface area contributed by atoms with Crippen molar-refractivity contribution >= 4 is 11.9 Å². The summed E-state index contributed by atoms with van der Waals surface area (Å²) in [5.41, 5.74) is 0.350. The van der Waals surface area contributed by atoms with Crippen LogP contribution in [0.25, 0.3) is 0 Å². The van der Waals surface area contributed by atoms with Crippen LogP contribution in [0.5, 0.6) is 0 Å². The van der Waals surface area contributed by atoms with E-state index in [1.807, 2.05) is 4.90 Å². The highest BCUT2D eigenvalue weighted by molar-refractivity contribution is 5.90. The molecule has 1 atom stereocenters. The van der Waals surface area contributed by atoms with Gasteiger partial charge >= 0.3 is 5.97 Å². The number of likely N-dealkylation sites (tertiary alicyclic amines) is 1. The second kappa shape index (κ2) is 6.91. The molecule has 3 rings (SSSR count). The van der Waals surface area contributed by atoms with Crippen molar-refractivity contribution < 1.29 is 18.7 Å². The van der Waals surface area contributed by atoms with E-state index < -0.39 is 5.41 Å². The lowest BCUT2D eigenvalue weighted by molar-refractivity contribution is -0.153. The van der Waals surface area contributed by atoms with Crippen molar-refractivity contribution in [1.82, 2.24) is 4.90 Å². The Morgan fingerprint density at radius 1 is 1.25 bits per heavy atom. The largest absolute Gasteiger partial charge is 0.466 e. The van der Waals surface area contributed by atoms with Gasteiger partial charge in [-0.05, 0) is 50.3 Å². The summed E-state index contributed by atoms with van der Waals surface area (Å²) in [6.07, 6.45) is 4.16. The number of hydrogen-bond donors (Lipinski definition) is 0. The molecule has 0 bridgehead atoms. The number of esters is 1. The molecular formula is C19H24FNO3. The molecule has 24 heavy (non-hydrogen) atoms. The number of piperidine rings is 1. The maximum atomic E-state index is 13.2. The summed E-state index contributed by atoms with van der Waals surface area (Å²) in [6, 6.07) is 6.28. The van der Waals surface area contributed by atoms with E-state index in [-0.39, 0.29) is 23.6 Å². The Morgan fingerprint density at radius 2 is 1.96 bits per heavy atom. The summed E-state index contributed by atoms with van der Waals surface area (Å²) >= 11 is 0. The minimum absolute atomic E-state index is 0.0781. The fourth-order valence-corrected chi connectivity index (χ4v) is 3.84. The standard InChI is InChI=1S/C19H24FNO3/c1-2-24-17(22)14-5-3-12-21(13-14)18(23)19(10-4-11-19)15-6-8-16(20)9-7-15/h6-9,14H,2-5,10-13H2,1H3. The number of amides is 1. The highest BCUT2D eigenvalue weighted by Gasteiger charge is 2.48. The van der Waals surface area contributed by atoms with Crippen molar-refractivity contribution in [2.75, 3.05) is 19.7 Å². The minimum atomic E-state index is -0.537. The molecule has 0 N–H and O–H groups in total. The summed E-state index contributed by atoms with van der Waals surface area (Å²) in [4.78, 5) is 27.0. The predicted molar refractivity (Wildman–Crippen MR) is 87.9 cm³/mol. The zero-order valence-corrected chi connectivity index (χ0v) is 14.1. The molecule has 1 aliphatic carbocycles. The molecular weight excluding hydrogens is 309 g/mol. The average Bonchev–Trinajstić information content (AvgIpc) is 2.56. The lowest BCUT2D eigenvalue weighted by Gasteiger charge is -2.45. The Bertz CT molecular complexity index is 610. The van der Waals surface area contributed by atoms with Crippen LogP contribution in [-0.4, -0.2) is 36.5 Å². The maximum absolute atomic E-state index is 13.2. The zero-order chi connectivity index (χ0) is 17.2. The van der Waals surface area contributed by atoms with Crippen molar-refractivity contribution in [2.45, 2.75) is 44.4 Å². The van der Waals surface area contributed by atoms with Gasteiger partial charge in [-0.3, -0.25) is 9.59 Å². The molecule has 1 heterocycles. The van der Waals surface area contributed by atoms with Gasteiger partial charge in [-0.1, -0.05) is 18.6 Å². The zero-order valence-electron chi connectivity index (χ0n) is 14.1. The first-order valence-corrected chi connectivity index (χ1v) is 8.79. The van der Waals surface area contributed by atoms with Crippen LogP contribution >= 0.6 is 0 Å². The second-order valence-electron chi connectivity index (χ2n) is 6.78. The molecule has 0 aromatic heterocycles.